The van der Waals surface area contributed by atoms with Crippen LogP contribution in [0.25, 0.3) is 17.3 Å². The summed E-state index contributed by atoms with van der Waals surface area (Å²) in [6.45, 7) is 0. The van der Waals surface area contributed by atoms with Crippen molar-refractivity contribution in [1.29, 1.82) is 10.5 Å². The van der Waals surface area contributed by atoms with E-state index >= 15 is 0 Å². The Kier molecular flexibility index (Phi) is 5.37. The zero-order valence-corrected chi connectivity index (χ0v) is 15.6. The van der Waals surface area contributed by atoms with Crippen LogP contribution >= 0.6 is 22.9 Å². The molecule has 0 spiro atoms. The highest BCUT2D eigenvalue weighted by atomic mass is 35.5. The van der Waals surface area contributed by atoms with Crippen molar-refractivity contribution in [3.63, 3.8) is 0 Å². The first-order valence-electron chi connectivity index (χ1n) is 7.73. The quantitative estimate of drug-likeness (QED) is 0.488. The van der Waals surface area contributed by atoms with Gasteiger partial charge >= 0.3 is 0 Å². The van der Waals surface area contributed by atoms with Crippen molar-refractivity contribution in [2.24, 2.45) is 0 Å². The number of nitriles is 2. The average molecular weight is 409 g/mol. The van der Waals surface area contributed by atoms with Crippen LogP contribution in [-0.2, 0) is 0 Å². The minimum Gasteiger partial charge on any atom is -0.267 e. The van der Waals surface area contributed by atoms with Gasteiger partial charge in [-0.25, -0.2) is 0 Å². The number of thiazole rings is 1. The van der Waals surface area contributed by atoms with E-state index < -0.39 is 10.5 Å². The fourth-order valence-electron chi connectivity index (χ4n) is 2.54. The lowest BCUT2D eigenvalue weighted by molar-refractivity contribution is -0.385. The summed E-state index contributed by atoms with van der Waals surface area (Å²) >= 11 is 6.91. The molecule has 7 nitrogen and oxygen atoms in total. The topological polar surface area (TPSA) is 113 Å². The summed E-state index contributed by atoms with van der Waals surface area (Å²) in [4.78, 5) is 23.7. The van der Waals surface area contributed by atoms with Gasteiger partial charge in [-0.2, -0.15) is 10.5 Å². The highest BCUT2D eigenvalue weighted by molar-refractivity contribution is 7.07. The molecular weight excluding hydrogens is 400 g/mol. The fraction of sp³-hybridized carbons (Fsp3) is 0. The second kappa shape index (κ2) is 7.89. The summed E-state index contributed by atoms with van der Waals surface area (Å²) in [5, 5.41) is 30.1. The summed E-state index contributed by atoms with van der Waals surface area (Å²) in [7, 11) is 0. The first kappa shape index (κ1) is 19.1. The fourth-order valence-corrected chi connectivity index (χ4v) is 3.77. The van der Waals surface area contributed by atoms with Gasteiger partial charge in [-0.3, -0.25) is 19.5 Å². The second-order valence-corrected chi connectivity index (χ2v) is 6.92. The molecule has 0 fully saturated rings. The van der Waals surface area contributed by atoms with Crippen LogP contribution in [0.4, 0.5) is 5.69 Å². The number of aromatic nitrogens is 1. The summed E-state index contributed by atoms with van der Waals surface area (Å²) in [5.74, 6) is 0. The zero-order chi connectivity index (χ0) is 20.3. The number of nitro groups is 1. The molecular formula is C19H9ClN4O3S. The number of nitrogens with zero attached hydrogens (tertiary/aromatic N) is 4. The molecule has 0 saturated heterocycles. The maximum absolute atomic E-state index is 13.0. The lowest BCUT2D eigenvalue weighted by Crippen LogP contribution is -2.30. The molecule has 0 aliphatic carbocycles. The molecule has 0 amide bonds. The molecule has 0 saturated carbocycles. The van der Waals surface area contributed by atoms with E-state index in [-0.39, 0.29) is 26.0 Å². The average Bonchev–Trinajstić information content (AvgIpc) is 2.99. The van der Waals surface area contributed by atoms with Crippen molar-refractivity contribution >= 4 is 40.3 Å². The van der Waals surface area contributed by atoms with Gasteiger partial charge in [0.05, 0.1) is 20.7 Å². The first-order valence-corrected chi connectivity index (χ1v) is 8.93. The molecule has 1 heterocycles. The molecule has 1 aromatic heterocycles. The molecule has 9 heteroatoms. The van der Waals surface area contributed by atoms with E-state index in [4.69, 9.17) is 11.6 Å². The SMILES string of the molecule is N#CC(C#N)=c1s/c(=C\c2ccccc2[N+](=O)[O-])c(=O)n1-c1cccc(Cl)c1. The monoisotopic (exact) mass is 408 g/mol. The number of nitro benzene ring substituents is 1. The standard InChI is InChI=1S/C19H9ClN4O3S/c20-14-5-3-6-15(9-14)23-18(25)17(28-19(23)13(10-21)11-22)8-12-4-1-2-7-16(12)24(26)27/h1-9H/b17-8-. The summed E-state index contributed by atoms with van der Waals surface area (Å²) in [6.07, 6.45) is 1.38. The highest BCUT2D eigenvalue weighted by Crippen LogP contribution is 2.18. The Morgan fingerprint density at radius 3 is 2.54 bits per heavy atom. The predicted molar refractivity (Wildman–Crippen MR) is 105 cm³/mol. The van der Waals surface area contributed by atoms with Crippen molar-refractivity contribution in [2.75, 3.05) is 0 Å². The molecule has 0 aliphatic heterocycles. The van der Waals surface area contributed by atoms with E-state index in [0.717, 1.165) is 11.3 Å². The number of hydrogen-bond donors (Lipinski definition) is 0. The Hall–Kier alpha value is -3.72. The Bertz CT molecular complexity index is 1340. The molecule has 0 unspecified atom stereocenters. The van der Waals surface area contributed by atoms with Crippen LogP contribution in [0.3, 0.4) is 0 Å². The zero-order valence-electron chi connectivity index (χ0n) is 14.0. The third-order valence-corrected chi connectivity index (χ3v) is 5.08. The lowest BCUT2D eigenvalue weighted by Gasteiger charge is -2.02. The lowest BCUT2D eigenvalue weighted by atomic mass is 10.2. The smallest absolute Gasteiger partial charge is 0.267 e. The van der Waals surface area contributed by atoms with Gasteiger partial charge < -0.3 is 0 Å². The molecule has 3 rings (SSSR count). The Morgan fingerprint density at radius 2 is 1.89 bits per heavy atom. The van der Waals surface area contributed by atoms with Gasteiger partial charge in [0.15, 0.2) is 5.57 Å². The van der Waals surface area contributed by atoms with Gasteiger partial charge in [-0.15, -0.1) is 11.3 Å². The number of benzene rings is 2. The first-order chi connectivity index (χ1) is 13.5. The minimum atomic E-state index is -0.544. The van der Waals surface area contributed by atoms with Crippen LogP contribution in [0.5, 0.6) is 0 Å². The van der Waals surface area contributed by atoms with Gasteiger partial charge in [0.25, 0.3) is 11.2 Å². The molecule has 136 valence electrons. The maximum atomic E-state index is 13.0. The highest BCUT2D eigenvalue weighted by Gasteiger charge is 2.14. The minimum absolute atomic E-state index is 0.127. The van der Waals surface area contributed by atoms with E-state index in [9.17, 15) is 25.4 Å². The van der Waals surface area contributed by atoms with Crippen LogP contribution < -0.4 is 14.8 Å². The maximum Gasteiger partial charge on any atom is 0.276 e. The predicted octanol–water partition coefficient (Wildman–Crippen LogP) is 2.49. The molecule has 0 N–H and O–H groups in total. The third kappa shape index (κ3) is 3.55. The number of rotatable bonds is 3. The molecule has 3 aromatic rings. The van der Waals surface area contributed by atoms with Gasteiger partial charge in [0, 0.05) is 11.1 Å². The van der Waals surface area contributed by atoms with Crippen LogP contribution in [0.15, 0.2) is 53.3 Å². The Balaban J connectivity index is 2.43. The van der Waals surface area contributed by atoms with Crippen molar-refractivity contribution in [2.45, 2.75) is 0 Å². The summed E-state index contributed by atoms with van der Waals surface area (Å²) in [6, 6.07) is 15.9. The molecule has 0 aliphatic rings. The van der Waals surface area contributed by atoms with E-state index in [1.54, 1.807) is 36.4 Å². The molecule has 2 aromatic carbocycles. The van der Waals surface area contributed by atoms with Crippen LogP contribution in [-0.4, -0.2) is 9.49 Å². The Labute approximate surface area is 167 Å². The summed E-state index contributed by atoms with van der Waals surface area (Å²) in [5.41, 5.74) is -0.288. The van der Waals surface area contributed by atoms with Crippen molar-refractivity contribution in [1.82, 2.24) is 4.57 Å². The van der Waals surface area contributed by atoms with Crippen molar-refractivity contribution in [3.8, 4) is 17.8 Å². The normalized spacial score (nSPS) is 10.9. The van der Waals surface area contributed by atoms with Crippen LogP contribution in [0.1, 0.15) is 5.56 Å². The van der Waals surface area contributed by atoms with Crippen molar-refractivity contribution in [3.05, 3.63) is 88.8 Å². The molecule has 28 heavy (non-hydrogen) atoms. The summed E-state index contributed by atoms with van der Waals surface area (Å²) < 4.78 is 1.48. The van der Waals surface area contributed by atoms with E-state index in [2.05, 4.69) is 0 Å². The van der Waals surface area contributed by atoms with E-state index in [0.29, 0.717) is 10.7 Å². The van der Waals surface area contributed by atoms with Crippen LogP contribution in [0.2, 0.25) is 5.02 Å². The van der Waals surface area contributed by atoms with Crippen molar-refractivity contribution < 1.29 is 4.92 Å². The molecule has 0 radical (unpaired) electrons. The second-order valence-electron chi connectivity index (χ2n) is 5.45. The van der Waals surface area contributed by atoms with Gasteiger partial charge in [-0.1, -0.05) is 29.8 Å². The molecule has 0 bridgehead atoms. The largest absolute Gasteiger partial charge is 0.276 e. The number of hydrogen-bond acceptors (Lipinski definition) is 6. The van der Waals surface area contributed by atoms with Gasteiger partial charge in [0.2, 0.25) is 0 Å². The Morgan fingerprint density at radius 1 is 1.18 bits per heavy atom. The third-order valence-electron chi connectivity index (χ3n) is 3.75. The van der Waals surface area contributed by atoms with E-state index in [1.807, 2.05) is 0 Å². The van der Waals surface area contributed by atoms with Gasteiger partial charge in [-0.05, 0) is 30.3 Å². The number of halogens is 1. The van der Waals surface area contributed by atoms with Gasteiger partial charge in [0.1, 0.15) is 16.8 Å². The van der Waals surface area contributed by atoms with E-state index in [1.165, 1.54) is 34.9 Å². The van der Waals surface area contributed by atoms with Crippen LogP contribution in [0, 0.1) is 32.8 Å². The number of para-hydroxylation sites is 1. The molecule has 0 atom stereocenters.